The van der Waals surface area contributed by atoms with Crippen LogP contribution in [0.1, 0.15) is 21.8 Å². The number of carbonyl (C=O) groups excluding carboxylic acids is 1. The topological polar surface area (TPSA) is 76.6 Å². The van der Waals surface area contributed by atoms with Gasteiger partial charge in [0.05, 0.1) is 31.0 Å². The average molecular weight is 599 g/mol. The molecular weight excluding hydrogens is 577 g/mol. The largest absolute Gasteiger partial charge is 0.493 e. The summed E-state index contributed by atoms with van der Waals surface area (Å²) < 4.78 is 16.9. The molecule has 11 heteroatoms. The summed E-state index contributed by atoms with van der Waals surface area (Å²) in [7, 11) is 1.56. The van der Waals surface area contributed by atoms with Gasteiger partial charge in [-0.25, -0.2) is 0 Å². The number of furan rings is 1. The van der Waals surface area contributed by atoms with Crippen molar-refractivity contribution >= 4 is 69.7 Å². The van der Waals surface area contributed by atoms with Crippen molar-refractivity contribution in [3.8, 4) is 11.5 Å². The van der Waals surface area contributed by atoms with E-state index in [2.05, 4.69) is 10.2 Å². The molecule has 0 spiro atoms. The Bertz CT molecular complexity index is 1550. The summed E-state index contributed by atoms with van der Waals surface area (Å²) in [5.41, 5.74) is 1.55. The summed E-state index contributed by atoms with van der Waals surface area (Å²) >= 11 is 15.1. The number of thiophene rings is 1. The van der Waals surface area contributed by atoms with Crippen LogP contribution >= 0.6 is 46.3 Å². The quantitative estimate of drug-likeness (QED) is 0.112. The zero-order valence-electron chi connectivity index (χ0n) is 20.5. The second kappa shape index (κ2) is 12.6. The van der Waals surface area contributed by atoms with Crippen LogP contribution in [0.25, 0.3) is 6.08 Å². The van der Waals surface area contributed by atoms with Gasteiger partial charge in [0.1, 0.15) is 12.4 Å². The van der Waals surface area contributed by atoms with Crippen LogP contribution in [-0.4, -0.2) is 29.3 Å². The first-order valence-corrected chi connectivity index (χ1v) is 14.1. The molecule has 1 amide bonds. The molecule has 0 unspecified atom stereocenters. The van der Waals surface area contributed by atoms with Gasteiger partial charge in [-0.3, -0.25) is 9.69 Å². The van der Waals surface area contributed by atoms with Crippen LogP contribution in [0.2, 0.25) is 10.0 Å². The van der Waals surface area contributed by atoms with Crippen LogP contribution in [0, 0.1) is 0 Å². The van der Waals surface area contributed by atoms with Crippen LogP contribution in [-0.2, 0) is 17.9 Å². The normalized spacial score (nSPS) is 15.7. The van der Waals surface area contributed by atoms with E-state index >= 15 is 0 Å². The van der Waals surface area contributed by atoms with Gasteiger partial charge in [-0.05, 0) is 77.3 Å². The van der Waals surface area contributed by atoms with Crippen molar-refractivity contribution in [3.05, 3.63) is 109 Å². The summed E-state index contributed by atoms with van der Waals surface area (Å²) in [6.07, 6.45) is 5.03. The summed E-state index contributed by atoms with van der Waals surface area (Å²) in [4.78, 5) is 16.3. The Hall–Kier alpha value is -3.50. The Kier molecular flexibility index (Phi) is 8.73. The van der Waals surface area contributed by atoms with E-state index in [-0.39, 0.29) is 19.1 Å². The van der Waals surface area contributed by atoms with Gasteiger partial charge in [0, 0.05) is 20.5 Å². The highest BCUT2D eigenvalue weighted by Crippen LogP contribution is 2.35. The van der Waals surface area contributed by atoms with E-state index < -0.39 is 0 Å². The molecule has 2 aromatic carbocycles. The van der Waals surface area contributed by atoms with Crippen molar-refractivity contribution < 1.29 is 18.7 Å². The molecule has 3 heterocycles. The number of carbonyl (C=O) groups is 1. The molecule has 0 radical (unpaired) electrons. The van der Waals surface area contributed by atoms with Crippen LogP contribution in [0.5, 0.6) is 11.5 Å². The van der Waals surface area contributed by atoms with Crippen LogP contribution in [0.3, 0.4) is 0 Å². The number of thioether (sulfide) groups is 1. The zero-order valence-corrected chi connectivity index (χ0v) is 23.7. The first-order chi connectivity index (χ1) is 19.0. The van der Waals surface area contributed by atoms with Crippen LogP contribution in [0.4, 0.5) is 0 Å². The summed E-state index contributed by atoms with van der Waals surface area (Å²) in [5.74, 6) is 1.58. The Morgan fingerprint density at radius 3 is 2.72 bits per heavy atom. The van der Waals surface area contributed by atoms with Gasteiger partial charge in [0.25, 0.3) is 5.91 Å². The predicted molar refractivity (Wildman–Crippen MR) is 158 cm³/mol. The fraction of sp³-hybridized carbons (Fsp3) is 0.107. The minimum Gasteiger partial charge on any atom is -0.493 e. The molecule has 2 aromatic heterocycles. The molecule has 1 saturated heterocycles. The van der Waals surface area contributed by atoms with E-state index in [0.717, 1.165) is 16.0 Å². The molecule has 4 aromatic rings. The van der Waals surface area contributed by atoms with Crippen molar-refractivity contribution in [2.75, 3.05) is 7.11 Å². The Balaban J connectivity index is 1.32. The third-order valence-corrected chi connectivity index (χ3v) is 7.94. The second-order valence-corrected chi connectivity index (χ2v) is 11.0. The number of rotatable bonds is 9. The molecule has 5 rings (SSSR count). The third kappa shape index (κ3) is 6.75. The van der Waals surface area contributed by atoms with Gasteiger partial charge in [-0.2, -0.15) is 5.10 Å². The van der Waals surface area contributed by atoms with Gasteiger partial charge < -0.3 is 13.9 Å². The first kappa shape index (κ1) is 27.1. The monoisotopic (exact) mass is 597 g/mol. The first-order valence-electron chi connectivity index (χ1n) is 11.6. The molecule has 39 heavy (non-hydrogen) atoms. The van der Waals surface area contributed by atoms with Crippen LogP contribution < -0.4 is 9.47 Å². The predicted octanol–water partition coefficient (Wildman–Crippen LogP) is 7.74. The van der Waals surface area contributed by atoms with Gasteiger partial charge in [0.2, 0.25) is 0 Å². The summed E-state index contributed by atoms with van der Waals surface area (Å²) in [5, 5.41) is 12.1. The fourth-order valence-electron chi connectivity index (χ4n) is 3.61. The number of amides is 1. The van der Waals surface area contributed by atoms with E-state index in [9.17, 15) is 4.79 Å². The SMILES string of the molecule is COc1cc(/C=N/N=C2\S/C(=C\c3cccs3)C(=O)N2Cc2ccco2)ccc1OCc1ccc(Cl)cc1Cl. The molecule has 1 aliphatic rings. The third-order valence-electron chi connectivity index (χ3n) is 5.53. The minimum atomic E-state index is -0.150. The number of ether oxygens (including phenoxy) is 2. The molecule has 198 valence electrons. The average Bonchev–Trinajstić information content (AvgIpc) is 3.69. The Labute approximate surface area is 243 Å². The maximum Gasteiger partial charge on any atom is 0.267 e. The smallest absolute Gasteiger partial charge is 0.267 e. The summed E-state index contributed by atoms with van der Waals surface area (Å²) in [6, 6.07) is 18.2. The number of benzene rings is 2. The second-order valence-electron chi connectivity index (χ2n) is 8.16. The van der Waals surface area contributed by atoms with Gasteiger partial charge in [-0.15, -0.1) is 16.4 Å². The molecule has 0 N–H and O–H groups in total. The summed E-state index contributed by atoms with van der Waals surface area (Å²) in [6.45, 7) is 0.512. The fourth-order valence-corrected chi connectivity index (χ4v) is 5.73. The lowest BCUT2D eigenvalue weighted by molar-refractivity contribution is -0.122. The van der Waals surface area contributed by atoms with E-state index in [1.54, 1.807) is 66.2 Å². The molecule has 0 bridgehead atoms. The maximum absolute atomic E-state index is 13.1. The Morgan fingerprint density at radius 1 is 1.08 bits per heavy atom. The lowest BCUT2D eigenvalue weighted by Gasteiger charge is -2.13. The van der Waals surface area contributed by atoms with Crippen molar-refractivity contribution in [1.29, 1.82) is 0 Å². The molecule has 0 aliphatic carbocycles. The number of halogens is 2. The van der Waals surface area contributed by atoms with Gasteiger partial charge in [0.15, 0.2) is 16.7 Å². The lowest BCUT2D eigenvalue weighted by Crippen LogP contribution is -2.28. The van der Waals surface area contributed by atoms with E-state index in [4.69, 9.17) is 37.1 Å². The standard InChI is InChI=1S/C28H21Cl2N3O4S2/c1-35-25-12-18(6-9-24(25)37-17-19-7-8-20(29)13-23(19)30)15-31-32-28-33(16-21-4-2-10-36-21)27(34)26(39-28)14-22-5-3-11-38-22/h2-15H,16-17H2,1H3/b26-14-,31-15+,32-28-. The molecule has 1 aliphatic heterocycles. The van der Waals surface area contributed by atoms with E-state index in [0.29, 0.717) is 37.4 Å². The molecular formula is C28H21Cl2N3O4S2. The van der Waals surface area contributed by atoms with Gasteiger partial charge >= 0.3 is 0 Å². The molecule has 0 saturated carbocycles. The van der Waals surface area contributed by atoms with Crippen molar-refractivity contribution in [2.45, 2.75) is 13.2 Å². The van der Waals surface area contributed by atoms with Crippen molar-refractivity contribution in [1.82, 2.24) is 4.90 Å². The number of amidine groups is 1. The molecule has 1 fully saturated rings. The molecule has 7 nitrogen and oxygen atoms in total. The van der Waals surface area contributed by atoms with E-state index in [1.165, 1.54) is 11.8 Å². The highest BCUT2D eigenvalue weighted by molar-refractivity contribution is 8.18. The number of methoxy groups -OCH3 is 1. The van der Waals surface area contributed by atoms with Crippen molar-refractivity contribution in [2.24, 2.45) is 10.2 Å². The zero-order chi connectivity index (χ0) is 27.2. The van der Waals surface area contributed by atoms with Gasteiger partial charge in [-0.1, -0.05) is 35.3 Å². The Morgan fingerprint density at radius 2 is 1.97 bits per heavy atom. The molecule has 0 atom stereocenters. The maximum atomic E-state index is 13.1. The lowest BCUT2D eigenvalue weighted by atomic mass is 10.2. The number of hydrogen-bond donors (Lipinski definition) is 0. The number of nitrogens with zero attached hydrogens (tertiary/aromatic N) is 3. The highest BCUT2D eigenvalue weighted by Gasteiger charge is 2.34. The van der Waals surface area contributed by atoms with Crippen molar-refractivity contribution in [3.63, 3.8) is 0 Å². The highest BCUT2D eigenvalue weighted by atomic mass is 35.5. The number of hydrogen-bond acceptors (Lipinski definition) is 8. The minimum absolute atomic E-state index is 0.150. The van der Waals surface area contributed by atoms with Crippen LogP contribution in [0.15, 0.2) is 91.8 Å². The van der Waals surface area contributed by atoms with E-state index in [1.807, 2.05) is 41.8 Å².